The van der Waals surface area contributed by atoms with Crippen molar-refractivity contribution in [2.45, 2.75) is 18.9 Å². The number of carboxylic acids is 1. The Bertz CT molecular complexity index is 786. The van der Waals surface area contributed by atoms with E-state index in [0.29, 0.717) is 0 Å². The number of nitrogens with zero attached hydrogens (tertiary/aromatic N) is 1. The molecule has 0 aliphatic carbocycles. The molecular weight excluding hydrogens is 320 g/mol. The lowest BCUT2D eigenvalue weighted by atomic mass is 10.0. The van der Waals surface area contributed by atoms with Crippen LogP contribution in [0.2, 0.25) is 0 Å². The third-order valence-electron chi connectivity index (χ3n) is 3.78. The van der Waals surface area contributed by atoms with E-state index in [4.69, 9.17) is 9.84 Å². The van der Waals surface area contributed by atoms with Crippen LogP contribution < -0.4 is 10.1 Å². The van der Waals surface area contributed by atoms with Gasteiger partial charge in [-0.1, -0.05) is 6.07 Å². The van der Waals surface area contributed by atoms with Crippen LogP contribution in [0.15, 0.2) is 18.2 Å². The first-order valence-corrected chi connectivity index (χ1v) is 7.09. The van der Waals surface area contributed by atoms with Crippen LogP contribution in [0.5, 0.6) is 5.75 Å². The van der Waals surface area contributed by atoms with E-state index in [1.54, 1.807) is 0 Å². The van der Waals surface area contributed by atoms with Gasteiger partial charge in [-0.05, 0) is 18.6 Å². The molecule has 4 amide bonds. The zero-order valence-electron chi connectivity index (χ0n) is 12.3. The molecule has 124 valence electrons. The van der Waals surface area contributed by atoms with Crippen LogP contribution in [-0.2, 0) is 14.4 Å². The molecular formula is C15H12N2O7. The number of amides is 4. The Balaban J connectivity index is 1.94. The van der Waals surface area contributed by atoms with Gasteiger partial charge in [0, 0.05) is 6.42 Å². The second kappa shape index (κ2) is 5.76. The molecule has 1 fully saturated rings. The van der Waals surface area contributed by atoms with E-state index in [-0.39, 0.29) is 29.7 Å². The molecule has 1 atom stereocenters. The number of piperidine rings is 1. The smallest absolute Gasteiger partial charge is 0.341 e. The number of hydrogen-bond donors (Lipinski definition) is 2. The summed E-state index contributed by atoms with van der Waals surface area (Å²) in [4.78, 5) is 59.7. The van der Waals surface area contributed by atoms with Gasteiger partial charge in [-0.15, -0.1) is 0 Å². The molecule has 3 rings (SSSR count). The molecule has 0 saturated carbocycles. The van der Waals surface area contributed by atoms with E-state index in [0.717, 1.165) is 4.90 Å². The maximum absolute atomic E-state index is 12.6. The van der Waals surface area contributed by atoms with Crippen molar-refractivity contribution in [1.29, 1.82) is 0 Å². The van der Waals surface area contributed by atoms with Crippen molar-refractivity contribution >= 4 is 29.6 Å². The minimum absolute atomic E-state index is 0.0200. The minimum atomic E-state index is -1.23. The molecule has 0 spiro atoms. The van der Waals surface area contributed by atoms with Crippen molar-refractivity contribution in [3.05, 3.63) is 29.3 Å². The summed E-state index contributed by atoms with van der Waals surface area (Å²) in [5.74, 6) is -3.86. The highest BCUT2D eigenvalue weighted by atomic mass is 16.5. The number of carboxylic acid groups (broad SMARTS) is 1. The second-order valence-electron chi connectivity index (χ2n) is 5.31. The summed E-state index contributed by atoms with van der Waals surface area (Å²) in [6, 6.07) is 3.15. The average Bonchev–Trinajstić information content (AvgIpc) is 2.78. The first-order valence-electron chi connectivity index (χ1n) is 7.09. The number of ether oxygens (including phenoxy) is 1. The number of hydrogen-bond acceptors (Lipinski definition) is 6. The molecule has 24 heavy (non-hydrogen) atoms. The van der Waals surface area contributed by atoms with E-state index in [1.807, 2.05) is 0 Å². The SMILES string of the molecule is O=C(O)COc1cccc2c1C(=O)N(C1CCC(=O)NC1=O)C2=O. The van der Waals surface area contributed by atoms with Crippen molar-refractivity contribution in [3.63, 3.8) is 0 Å². The van der Waals surface area contributed by atoms with Crippen LogP contribution in [0, 0.1) is 0 Å². The first kappa shape index (κ1) is 15.7. The van der Waals surface area contributed by atoms with Gasteiger partial charge in [-0.3, -0.25) is 29.4 Å². The predicted molar refractivity (Wildman–Crippen MR) is 76.2 cm³/mol. The maximum atomic E-state index is 12.6. The second-order valence-corrected chi connectivity index (χ2v) is 5.31. The highest BCUT2D eigenvalue weighted by Gasteiger charge is 2.45. The number of imide groups is 2. The predicted octanol–water partition coefficient (Wildman–Crippen LogP) is -0.449. The van der Waals surface area contributed by atoms with Crippen LogP contribution in [0.25, 0.3) is 0 Å². The molecule has 2 N–H and O–H groups in total. The summed E-state index contributed by atoms with van der Waals surface area (Å²) in [5, 5.41) is 10.8. The van der Waals surface area contributed by atoms with Crippen molar-refractivity contribution < 1.29 is 33.8 Å². The van der Waals surface area contributed by atoms with Gasteiger partial charge >= 0.3 is 5.97 Å². The Labute approximate surface area is 135 Å². The number of carbonyl (C=O) groups excluding carboxylic acids is 4. The minimum Gasteiger partial charge on any atom is -0.481 e. The molecule has 2 aliphatic heterocycles. The summed E-state index contributed by atoms with van der Waals surface area (Å²) < 4.78 is 5.05. The third kappa shape index (κ3) is 2.49. The lowest BCUT2D eigenvalue weighted by molar-refractivity contribution is -0.139. The highest BCUT2D eigenvalue weighted by molar-refractivity contribution is 6.24. The van der Waals surface area contributed by atoms with Crippen LogP contribution in [0.4, 0.5) is 0 Å². The molecule has 2 heterocycles. The number of rotatable bonds is 4. The van der Waals surface area contributed by atoms with E-state index >= 15 is 0 Å². The number of carbonyl (C=O) groups is 5. The summed E-state index contributed by atoms with van der Waals surface area (Å²) in [6.07, 6.45) is 0.0631. The summed E-state index contributed by atoms with van der Waals surface area (Å²) in [7, 11) is 0. The fourth-order valence-electron chi connectivity index (χ4n) is 2.74. The van der Waals surface area contributed by atoms with Gasteiger partial charge in [0.15, 0.2) is 6.61 Å². The van der Waals surface area contributed by atoms with Crippen LogP contribution in [-0.4, -0.2) is 52.3 Å². The lowest BCUT2D eigenvalue weighted by Crippen LogP contribution is -2.54. The number of nitrogens with one attached hydrogen (secondary N) is 1. The molecule has 2 aliphatic rings. The Morgan fingerprint density at radius 3 is 2.67 bits per heavy atom. The first-order chi connectivity index (χ1) is 11.4. The van der Waals surface area contributed by atoms with E-state index in [9.17, 15) is 24.0 Å². The summed E-state index contributed by atoms with van der Waals surface area (Å²) in [5.41, 5.74) is -0.0407. The largest absolute Gasteiger partial charge is 0.481 e. The van der Waals surface area contributed by atoms with Crippen molar-refractivity contribution in [2.24, 2.45) is 0 Å². The van der Waals surface area contributed by atoms with Crippen molar-refractivity contribution in [1.82, 2.24) is 10.2 Å². The van der Waals surface area contributed by atoms with E-state index in [2.05, 4.69) is 5.32 Å². The fourth-order valence-corrected chi connectivity index (χ4v) is 2.74. The van der Waals surface area contributed by atoms with Gasteiger partial charge in [0.1, 0.15) is 11.8 Å². The Hall–Kier alpha value is -3.23. The number of benzene rings is 1. The van der Waals surface area contributed by atoms with Gasteiger partial charge in [-0.25, -0.2) is 4.79 Å². The standard InChI is InChI=1S/C15H12N2O7/c18-10-5-4-8(13(21)16-10)17-14(22)7-2-1-3-9(12(7)15(17)23)24-6-11(19)20/h1-3,8H,4-6H2,(H,19,20)(H,16,18,21). The quantitative estimate of drug-likeness (QED) is 0.714. The topological polar surface area (TPSA) is 130 Å². The van der Waals surface area contributed by atoms with Gasteiger partial charge in [0.2, 0.25) is 11.8 Å². The summed E-state index contributed by atoms with van der Waals surface area (Å²) >= 11 is 0. The fraction of sp³-hybridized carbons (Fsp3) is 0.267. The van der Waals surface area contributed by atoms with E-state index < -0.39 is 42.2 Å². The zero-order chi connectivity index (χ0) is 17.4. The van der Waals surface area contributed by atoms with Gasteiger partial charge in [0.25, 0.3) is 11.8 Å². The molecule has 0 bridgehead atoms. The molecule has 9 heteroatoms. The molecule has 9 nitrogen and oxygen atoms in total. The van der Waals surface area contributed by atoms with Gasteiger partial charge < -0.3 is 9.84 Å². The zero-order valence-corrected chi connectivity index (χ0v) is 12.3. The monoisotopic (exact) mass is 332 g/mol. The Morgan fingerprint density at radius 1 is 1.25 bits per heavy atom. The third-order valence-corrected chi connectivity index (χ3v) is 3.78. The summed E-state index contributed by atoms with van der Waals surface area (Å²) in [6.45, 7) is -0.670. The highest BCUT2D eigenvalue weighted by Crippen LogP contribution is 2.33. The van der Waals surface area contributed by atoms with Crippen LogP contribution in [0.3, 0.4) is 0 Å². The Kier molecular flexibility index (Phi) is 3.76. The van der Waals surface area contributed by atoms with Crippen LogP contribution in [0.1, 0.15) is 33.6 Å². The van der Waals surface area contributed by atoms with Crippen molar-refractivity contribution in [2.75, 3.05) is 6.61 Å². The Morgan fingerprint density at radius 2 is 2.00 bits per heavy atom. The molecule has 1 aromatic rings. The molecule has 1 saturated heterocycles. The van der Waals surface area contributed by atoms with Crippen molar-refractivity contribution in [3.8, 4) is 5.75 Å². The lowest BCUT2D eigenvalue weighted by Gasteiger charge is -2.27. The number of aliphatic carboxylic acids is 1. The molecule has 0 radical (unpaired) electrons. The van der Waals surface area contributed by atoms with E-state index in [1.165, 1.54) is 18.2 Å². The maximum Gasteiger partial charge on any atom is 0.341 e. The molecule has 1 unspecified atom stereocenters. The number of fused-ring (bicyclic) bond motifs is 1. The van der Waals surface area contributed by atoms with Gasteiger partial charge in [-0.2, -0.15) is 0 Å². The average molecular weight is 332 g/mol. The normalized spacial score (nSPS) is 20.0. The molecule has 0 aromatic heterocycles. The van der Waals surface area contributed by atoms with Gasteiger partial charge in [0.05, 0.1) is 11.1 Å². The molecule has 1 aromatic carbocycles. The van der Waals surface area contributed by atoms with Crippen LogP contribution >= 0.6 is 0 Å².